The van der Waals surface area contributed by atoms with Gasteiger partial charge in [-0.25, -0.2) is 0 Å². The number of carbonyl (C=O) groups is 3. The summed E-state index contributed by atoms with van der Waals surface area (Å²) in [7, 11) is 0. The quantitative estimate of drug-likeness (QED) is 0.0261. The van der Waals surface area contributed by atoms with Gasteiger partial charge in [0.25, 0.3) is 0 Å². The van der Waals surface area contributed by atoms with Gasteiger partial charge in [0.1, 0.15) is 13.2 Å². The van der Waals surface area contributed by atoms with Gasteiger partial charge >= 0.3 is 17.9 Å². The Morgan fingerprint density at radius 2 is 0.506 bits per heavy atom. The molecule has 0 bridgehead atoms. The summed E-state index contributed by atoms with van der Waals surface area (Å²) >= 11 is 0. The first-order valence-electron chi connectivity index (χ1n) is 33.3. The Labute approximate surface area is 499 Å². The fourth-order valence-electron chi connectivity index (χ4n) is 8.94. The Bertz CT molecular complexity index is 1760. The van der Waals surface area contributed by atoms with Crippen LogP contribution in [-0.2, 0) is 28.6 Å². The molecule has 0 aliphatic heterocycles. The van der Waals surface area contributed by atoms with E-state index >= 15 is 0 Å². The lowest BCUT2D eigenvalue weighted by atomic mass is 10.0. The van der Waals surface area contributed by atoms with E-state index < -0.39 is 12.1 Å². The van der Waals surface area contributed by atoms with Crippen molar-refractivity contribution in [2.45, 2.75) is 297 Å². The first-order chi connectivity index (χ1) is 40.0. The molecule has 6 heteroatoms. The summed E-state index contributed by atoms with van der Waals surface area (Å²) in [6.45, 7) is 6.36. The smallest absolute Gasteiger partial charge is 0.306 e. The molecule has 0 aliphatic carbocycles. The average molecular weight is 1120 g/mol. The topological polar surface area (TPSA) is 78.9 Å². The molecule has 0 aromatic carbocycles. The number of esters is 3. The van der Waals surface area contributed by atoms with Crippen LogP contribution in [0.2, 0.25) is 0 Å². The van der Waals surface area contributed by atoms with Crippen LogP contribution in [-0.4, -0.2) is 37.2 Å². The van der Waals surface area contributed by atoms with Crippen LogP contribution >= 0.6 is 0 Å². The second-order valence-electron chi connectivity index (χ2n) is 21.6. The number of unbranched alkanes of at least 4 members (excludes halogenated alkanes) is 24. The van der Waals surface area contributed by atoms with Crippen molar-refractivity contribution < 1.29 is 28.6 Å². The van der Waals surface area contributed by atoms with Gasteiger partial charge in [-0.3, -0.25) is 14.4 Å². The van der Waals surface area contributed by atoms with Crippen molar-refractivity contribution >= 4 is 17.9 Å². The zero-order valence-electron chi connectivity index (χ0n) is 52.5. The van der Waals surface area contributed by atoms with Crippen molar-refractivity contribution in [3.05, 3.63) is 146 Å². The minimum absolute atomic E-state index is 0.116. The lowest BCUT2D eigenvalue weighted by Gasteiger charge is -2.18. The van der Waals surface area contributed by atoms with Crippen LogP contribution in [0.1, 0.15) is 290 Å². The van der Waals surface area contributed by atoms with E-state index in [1.807, 2.05) is 6.08 Å². The monoisotopic (exact) mass is 1120 g/mol. The first-order valence-corrected chi connectivity index (χ1v) is 33.3. The minimum atomic E-state index is -0.832. The standard InChI is InChI=1S/C75H122O6/c1-4-7-10-13-16-19-22-25-28-31-34-35-36-37-38-39-42-44-47-50-53-56-59-62-65-68-74(77)80-71-72(81-75(78)69-66-63-60-57-54-51-48-45-41-33-30-27-24-21-18-15-12-9-6-3)70-79-73(76)67-64-61-58-55-52-49-46-43-40-32-29-26-23-20-17-14-11-8-5-2/h7,9-10,12,16,18-19,21,25,27-28,30,34-35,37-38,41-42,44-45,51,54,60,63,72H,4-6,8,11,13-15,17,20,22-24,26,29,31-33,36,39-40,43,46-50,52-53,55-59,61-62,64-71H2,1-3H3/b10-7-,12-9-,19-16-,21-18-,28-25-,30-27-,35-34-,38-37-,44-42-,45-41-,54-51-,63-60-. The third-order valence-corrected chi connectivity index (χ3v) is 13.9. The van der Waals surface area contributed by atoms with Crippen molar-refractivity contribution in [3.8, 4) is 0 Å². The van der Waals surface area contributed by atoms with E-state index in [4.69, 9.17) is 14.2 Å². The van der Waals surface area contributed by atoms with Crippen molar-refractivity contribution in [2.24, 2.45) is 0 Å². The van der Waals surface area contributed by atoms with Crippen LogP contribution in [0.5, 0.6) is 0 Å². The Kier molecular flexibility index (Phi) is 63.9. The Morgan fingerprint density at radius 1 is 0.259 bits per heavy atom. The van der Waals surface area contributed by atoms with Gasteiger partial charge in [0.05, 0.1) is 0 Å². The molecular formula is C75H122O6. The molecule has 0 heterocycles. The van der Waals surface area contributed by atoms with Crippen LogP contribution in [0.15, 0.2) is 146 Å². The summed E-state index contributed by atoms with van der Waals surface area (Å²) < 4.78 is 16.9. The highest BCUT2D eigenvalue weighted by Gasteiger charge is 2.19. The molecule has 0 rings (SSSR count). The molecule has 0 saturated carbocycles. The van der Waals surface area contributed by atoms with Crippen LogP contribution in [0.4, 0.5) is 0 Å². The van der Waals surface area contributed by atoms with Gasteiger partial charge < -0.3 is 14.2 Å². The van der Waals surface area contributed by atoms with Crippen LogP contribution in [0.3, 0.4) is 0 Å². The fourth-order valence-corrected chi connectivity index (χ4v) is 8.94. The average Bonchev–Trinajstić information content (AvgIpc) is 3.47. The lowest BCUT2D eigenvalue weighted by Crippen LogP contribution is -2.30. The molecule has 0 fully saturated rings. The van der Waals surface area contributed by atoms with E-state index in [1.54, 1.807) is 0 Å². The fraction of sp³-hybridized carbons (Fsp3) is 0.640. The van der Waals surface area contributed by atoms with Gasteiger partial charge in [-0.05, 0) is 109 Å². The zero-order chi connectivity index (χ0) is 58.5. The predicted molar refractivity (Wildman–Crippen MR) is 352 cm³/mol. The number of allylic oxidation sites excluding steroid dienone is 24. The summed E-state index contributed by atoms with van der Waals surface area (Å²) in [5.74, 6) is -1.01. The molecule has 0 radical (unpaired) electrons. The first kappa shape index (κ1) is 76.3. The molecule has 0 aromatic rings. The number of hydrogen-bond donors (Lipinski definition) is 0. The molecule has 458 valence electrons. The molecule has 0 aliphatic rings. The summed E-state index contributed by atoms with van der Waals surface area (Å²) in [6.07, 6.45) is 97.2. The maximum absolute atomic E-state index is 12.9. The van der Waals surface area contributed by atoms with Crippen molar-refractivity contribution in [3.63, 3.8) is 0 Å². The third-order valence-electron chi connectivity index (χ3n) is 13.9. The number of hydrogen-bond acceptors (Lipinski definition) is 6. The highest BCUT2D eigenvalue weighted by molar-refractivity contribution is 5.71. The van der Waals surface area contributed by atoms with Gasteiger partial charge in [-0.1, -0.05) is 308 Å². The van der Waals surface area contributed by atoms with Crippen LogP contribution in [0.25, 0.3) is 0 Å². The molecule has 0 N–H and O–H groups in total. The Hall–Kier alpha value is -4.71. The van der Waals surface area contributed by atoms with E-state index in [0.29, 0.717) is 19.3 Å². The summed E-state index contributed by atoms with van der Waals surface area (Å²) in [5, 5.41) is 0. The van der Waals surface area contributed by atoms with Crippen molar-refractivity contribution in [1.29, 1.82) is 0 Å². The zero-order valence-corrected chi connectivity index (χ0v) is 52.5. The largest absolute Gasteiger partial charge is 0.462 e. The van der Waals surface area contributed by atoms with E-state index in [-0.39, 0.29) is 31.6 Å². The summed E-state index contributed by atoms with van der Waals surface area (Å²) in [5.41, 5.74) is 0. The summed E-state index contributed by atoms with van der Waals surface area (Å²) in [6, 6.07) is 0. The molecular weight excluding hydrogens is 997 g/mol. The Balaban J connectivity index is 4.51. The molecule has 0 spiro atoms. The highest BCUT2D eigenvalue weighted by Crippen LogP contribution is 2.16. The minimum Gasteiger partial charge on any atom is -0.462 e. The van der Waals surface area contributed by atoms with Crippen molar-refractivity contribution in [1.82, 2.24) is 0 Å². The molecule has 81 heavy (non-hydrogen) atoms. The van der Waals surface area contributed by atoms with E-state index in [2.05, 4.69) is 161 Å². The molecule has 0 aromatic heterocycles. The van der Waals surface area contributed by atoms with E-state index in [0.717, 1.165) is 128 Å². The molecule has 0 saturated heterocycles. The maximum Gasteiger partial charge on any atom is 0.306 e. The molecule has 1 unspecified atom stereocenters. The lowest BCUT2D eigenvalue weighted by molar-refractivity contribution is -0.166. The molecule has 1 atom stereocenters. The number of rotatable bonds is 59. The predicted octanol–water partition coefficient (Wildman–Crippen LogP) is 23.1. The van der Waals surface area contributed by atoms with Gasteiger partial charge in [0.2, 0.25) is 0 Å². The number of carbonyl (C=O) groups excluding carboxylic acids is 3. The summed E-state index contributed by atoms with van der Waals surface area (Å²) in [4.78, 5) is 38.4. The SMILES string of the molecule is CC/C=C\C/C=C\C/C=C\C/C=C\C/C=C\C/C=C\CCCCCCCCC(=O)OCC(COC(=O)CCCCCCCCCCCCCCCCCCCCC)OC(=O)CC/C=C\C/C=C\C/C=C\C/C=C\C/C=C\C/C=C\CC. The second kappa shape index (κ2) is 67.8. The van der Waals surface area contributed by atoms with E-state index in [9.17, 15) is 14.4 Å². The Morgan fingerprint density at radius 3 is 0.802 bits per heavy atom. The second-order valence-corrected chi connectivity index (χ2v) is 21.6. The highest BCUT2D eigenvalue weighted by atomic mass is 16.6. The van der Waals surface area contributed by atoms with Crippen LogP contribution in [0, 0.1) is 0 Å². The van der Waals surface area contributed by atoms with Gasteiger partial charge in [0.15, 0.2) is 6.10 Å². The van der Waals surface area contributed by atoms with Crippen LogP contribution < -0.4 is 0 Å². The normalized spacial score (nSPS) is 13.1. The molecule has 0 amide bonds. The maximum atomic E-state index is 12.9. The van der Waals surface area contributed by atoms with Gasteiger partial charge in [-0.2, -0.15) is 0 Å². The van der Waals surface area contributed by atoms with Gasteiger partial charge in [-0.15, -0.1) is 0 Å². The third kappa shape index (κ3) is 66.0. The number of ether oxygens (including phenoxy) is 3. The molecule has 6 nitrogen and oxygen atoms in total. The van der Waals surface area contributed by atoms with Crippen molar-refractivity contribution in [2.75, 3.05) is 13.2 Å². The van der Waals surface area contributed by atoms with E-state index in [1.165, 1.54) is 116 Å². The van der Waals surface area contributed by atoms with Gasteiger partial charge in [0, 0.05) is 19.3 Å².